The Hall–Kier alpha value is -4.73. The van der Waals surface area contributed by atoms with Crippen molar-refractivity contribution < 1.29 is 32.9 Å². The summed E-state index contributed by atoms with van der Waals surface area (Å²) in [6, 6.07) is 16.6. The van der Waals surface area contributed by atoms with Gasteiger partial charge in [-0.15, -0.1) is 0 Å². The minimum absolute atomic E-state index is 0.0385. The number of hydrogen-bond donors (Lipinski definition) is 2. The molecule has 3 N–H and O–H groups in total. The Morgan fingerprint density at radius 1 is 0.974 bits per heavy atom. The van der Waals surface area contributed by atoms with Gasteiger partial charge in [0.2, 0.25) is 0 Å². The molecule has 0 saturated heterocycles. The van der Waals surface area contributed by atoms with Crippen molar-refractivity contribution in [2.24, 2.45) is 0 Å². The summed E-state index contributed by atoms with van der Waals surface area (Å²) in [7, 11) is 3.11. The molecule has 1 aliphatic carbocycles. The molecule has 0 unspecified atom stereocenters. The van der Waals surface area contributed by atoms with Crippen LogP contribution in [0.1, 0.15) is 18.4 Å². The van der Waals surface area contributed by atoms with Crippen LogP contribution in [0.3, 0.4) is 0 Å². The lowest BCUT2D eigenvalue weighted by molar-refractivity contribution is 0.128. The fourth-order valence-electron chi connectivity index (χ4n) is 4.00. The predicted molar refractivity (Wildman–Crippen MR) is 143 cm³/mol. The highest BCUT2D eigenvalue weighted by Crippen LogP contribution is 2.40. The quantitative estimate of drug-likeness (QED) is 0.253. The molecule has 0 bridgehead atoms. The van der Waals surface area contributed by atoms with E-state index in [0.717, 1.165) is 24.2 Å². The van der Waals surface area contributed by atoms with Crippen molar-refractivity contribution in [1.82, 2.24) is 10.3 Å². The van der Waals surface area contributed by atoms with Crippen LogP contribution in [0.4, 0.5) is 14.9 Å². The number of methoxy groups -OCH3 is 2. The van der Waals surface area contributed by atoms with Gasteiger partial charge in [-0.3, -0.25) is 4.98 Å². The molecule has 0 spiro atoms. The van der Waals surface area contributed by atoms with E-state index < -0.39 is 17.4 Å². The number of benzene rings is 3. The maximum Gasteiger partial charge on any atom is 0.408 e. The third kappa shape index (κ3) is 6.06. The molecule has 0 atom stereocenters. The van der Waals surface area contributed by atoms with Crippen LogP contribution in [0.25, 0.3) is 10.9 Å². The molecule has 5 rings (SSSR count). The van der Waals surface area contributed by atoms with E-state index in [1.165, 1.54) is 19.2 Å². The molecular weight excluding hydrogens is 505 g/mol. The van der Waals surface area contributed by atoms with Gasteiger partial charge in [0.1, 0.15) is 24.7 Å². The number of fused-ring (bicyclic) bond motifs is 1. The number of aromatic nitrogens is 1. The van der Waals surface area contributed by atoms with E-state index in [4.69, 9.17) is 29.4 Å². The number of carbonyl (C=O) groups excluding carboxylic acids is 1. The number of nitrogens with zero attached hydrogens (tertiary/aromatic N) is 1. The summed E-state index contributed by atoms with van der Waals surface area (Å²) < 4.78 is 42.3. The van der Waals surface area contributed by atoms with Crippen LogP contribution in [-0.2, 0) is 11.3 Å². The van der Waals surface area contributed by atoms with Crippen molar-refractivity contribution in [3.05, 3.63) is 78.2 Å². The fourth-order valence-corrected chi connectivity index (χ4v) is 4.00. The molecular formula is C29H28FN3O6. The number of alkyl carbamates (subject to hydrolysis) is 1. The molecule has 1 aromatic heterocycles. The third-order valence-corrected chi connectivity index (χ3v) is 6.42. The standard InChI is InChI=1S/C29H28FN3O6/c1-35-20-6-3-18(4-7-20)16-37-28(34)33-29(10-11-29)17-38-27-15-23-21(14-26(27)36-2)24(9-12-32-23)39-25-8-5-19(31)13-22(25)30/h3-9,12-15H,10-11,16-17,31H2,1-2H3,(H,33,34). The zero-order valence-electron chi connectivity index (χ0n) is 21.5. The van der Waals surface area contributed by atoms with Crippen molar-refractivity contribution >= 4 is 22.7 Å². The molecule has 39 heavy (non-hydrogen) atoms. The Balaban J connectivity index is 1.24. The van der Waals surface area contributed by atoms with Crippen molar-refractivity contribution in [2.75, 3.05) is 26.6 Å². The second kappa shape index (κ2) is 10.9. The van der Waals surface area contributed by atoms with Gasteiger partial charge >= 0.3 is 6.09 Å². The van der Waals surface area contributed by atoms with Crippen LogP contribution in [0.2, 0.25) is 0 Å². The first-order valence-corrected chi connectivity index (χ1v) is 12.3. The van der Waals surface area contributed by atoms with Gasteiger partial charge in [0.15, 0.2) is 23.1 Å². The van der Waals surface area contributed by atoms with Gasteiger partial charge in [0, 0.05) is 29.4 Å². The molecule has 1 amide bonds. The molecule has 3 aromatic carbocycles. The van der Waals surface area contributed by atoms with Crippen LogP contribution in [0.5, 0.6) is 28.7 Å². The predicted octanol–water partition coefficient (Wildman–Crippen LogP) is 5.60. The van der Waals surface area contributed by atoms with Gasteiger partial charge in [-0.2, -0.15) is 0 Å². The van der Waals surface area contributed by atoms with Crippen LogP contribution in [0, 0.1) is 5.82 Å². The van der Waals surface area contributed by atoms with E-state index in [9.17, 15) is 9.18 Å². The Morgan fingerprint density at radius 3 is 2.46 bits per heavy atom. The summed E-state index contributed by atoms with van der Waals surface area (Å²) in [6.45, 7) is 0.362. The van der Waals surface area contributed by atoms with E-state index in [-0.39, 0.29) is 19.0 Å². The SMILES string of the molecule is COc1ccc(COC(=O)NC2(COc3cc4nccc(Oc5ccc(N)cc5F)c4cc3OC)CC2)cc1. The zero-order valence-corrected chi connectivity index (χ0v) is 21.5. The van der Waals surface area contributed by atoms with Gasteiger partial charge in [-0.1, -0.05) is 12.1 Å². The smallest absolute Gasteiger partial charge is 0.408 e. The van der Waals surface area contributed by atoms with Gasteiger partial charge in [-0.05, 0) is 54.8 Å². The number of rotatable bonds is 10. The lowest BCUT2D eigenvalue weighted by atomic mass is 10.1. The lowest BCUT2D eigenvalue weighted by Gasteiger charge is -2.20. The van der Waals surface area contributed by atoms with Gasteiger partial charge < -0.3 is 34.7 Å². The minimum Gasteiger partial charge on any atom is -0.497 e. The number of halogens is 1. The normalized spacial score (nSPS) is 13.4. The first-order valence-electron chi connectivity index (χ1n) is 12.3. The van der Waals surface area contributed by atoms with E-state index in [1.54, 1.807) is 37.6 Å². The van der Waals surface area contributed by atoms with Gasteiger partial charge in [0.05, 0.1) is 25.3 Å². The van der Waals surface area contributed by atoms with Crippen molar-refractivity contribution in [2.45, 2.75) is 25.0 Å². The number of anilines is 1. The van der Waals surface area contributed by atoms with E-state index >= 15 is 0 Å². The average molecular weight is 534 g/mol. The molecule has 9 nitrogen and oxygen atoms in total. The van der Waals surface area contributed by atoms with Crippen LogP contribution in [-0.4, -0.2) is 37.4 Å². The van der Waals surface area contributed by atoms with Crippen LogP contribution in [0.15, 0.2) is 66.9 Å². The monoisotopic (exact) mass is 533 g/mol. The zero-order chi connectivity index (χ0) is 27.4. The highest BCUT2D eigenvalue weighted by atomic mass is 19.1. The highest BCUT2D eigenvalue weighted by Gasteiger charge is 2.45. The Morgan fingerprint density at radius 2 is 1.77 bits per heavy atom. The summed E-state index contributed by atoms with van der Waals surface area (Å²) in [4.78, 5) is 16.8. The molecule has 1 fully saturated rings. The van der Waals surface area contributed by atoms with Crippen molar-refractivity contribution in [3.8, 4) is 28.7 Å². The lowest BCUT2D eigenvalue weighted by Crippen LogP contribution is -2.41. The molecule has 1 heterocycles. The molecule has 0 aliphatic heterocycles. The first-order chi connectivity index (χ1) is 18.9. The molecule has 0 radical (unpaired) electrons. The number of nitrogen functional groups attached to an aromatic ring is 1. The minimum atomic E-state index is -0.573. The second-order valence-electron chi connectivity index (χ2n) is 9.24. The fraction of sp³-hybridized carbons (Fsp3) is 0.241. The van der Waals surface area contributed by atoms with Gasteiger partial charge in [-0.25, -0.2) is 9.18 Å². The second-order valence-corrected chi connectivity index (χ2v) is 9.24. The number of carbonyl (C=O) groups is 1. The largest absolute Gasteiger partial charge is 0.497 e. The number of amides is 1. The van der Waals surface area contributed by atoms with Crippen molar-refractivity contribution in [1.29, 1.82) is 0 Å². The summed E-state index contributed by atoms with van der Waals surface area (Å²) in [5.41, 5.74) is 6.83. The van der Waals surface area contributed by atoms with Gasteiger partial charge in [0.25, 0.3) is 0 Å². The maximum absolute atomic E-state index is 14.3. The summed E-state index contributed by atoms with van der Waals surface area (Å²) in [5, 5.41) is 3.53. The molecule has 10 heteroatoms. The summed E-state index contributed by atoms with van der Waals surface area (Å²) in [5.74, 6) is 1.49. The summed E-state index contributed by atoms with van der Waals surface area (Å²) in [6.07, 6.45) is 2.55. The average Bonchev–Trinajstić information content (AvgIpc) is 3.71. The third-order valence-electron chi connectivity index (χ3n) is 6.42. The number of hydrogen-bond acceptors (Lipinski definition) is 8. The topological polar surface area (TPSA) is 114 Å². The number of ether oxygens (including phenoxy) is 5. The Labute approximate surface area is 224 Å². The number of nitrogens with two attached hydrogens (primary N) is 1. The molecule has 202 valence electrons. The van der Waals surface area contributed by atoms with Crippen LogP contribution >= 0.6 is 0 Å². The summed E-state index contributed by atoms with van der Waals surface area (Å²) >= 11 is 0. The van der Waals surface area contributed by atoms with Crippen molar-refractivity contribution in [3.63, 3.8) is 0 Å². The Kier molecular flexibility index (Phi) is 7.27. The van der Waals surface area contributed by atoms with Crippen LogP contribution < -0.4 is 30.0 Å². The number of pyridine rings is 1. The molecule has 1 aliphatic rings. The maximum atomic E-state index is 14.3. The molecule has 1 saturated carbocycles. The van der Waals surface area contributed by atoms with E-state index in [1.807, 2.05) is 24.3 Å². The Bertz CT molecular complexity index is 1490. The highest BCUT2D eigenvalue weighted by molar-refractivity contribution is 5.88. The van der Waals surface area contributed by atoms with E-state index in [0.29, 0.717) is 33.8 Å². The van der Waals surface area contributed by atoms with E-state index in [2.05, 4.69) is 10.3 Å². The molecule has 4 aromatic rings. The number of nitrogens with one attached hydrogen (secondary N) is 1. The first kappa shape index (κ1) is 25.9.